The molecule has 1 N–H and O–H groups in total. The Hall–Kier alpha value is -2.62. The van der Waals surface area contributed by atoms with Crippen LogP contribution in [0.1, 0.15) is 18.1 Å². The van der Waals surface area contributed by atoms with Gasteiger partial charge < -0.3 is 10.1 Å². The van der Waals surface area contributed by atoms with Crippen LogP contribution >= 0.6 is 0 Å². The quantitative estimate of drug-likeness (QED) is 0.872. The maximum absolute atomic E-state index is 13.4. The molecule has 0 unspecified atom stereocenters. The topological polar surface area (TPSA) is 38.3 Å². The highest BCUT2D eigenvalue weighted by molar-refractivity contribution is 6.34. The number of amides is 1. The predicted molar refractivity (Wildman–Crippen MR) is 80.5 cm³/mol. The van der Waals surface area contributed by atoms with Crippen LogP contribution in [-0.4, -0.2) is 12.5 Å². The molecule has 2 aromatic rings. The number of anilines is 1. The number of halogens is 1. The molecule has 3 rings (SSSR count). The molecule has 1 heterocycles. The molecule has 0 saturated carbocycles. The van der Waals surface area contributed by atoms with E-state index >= 15 is 0 Å². The van der Waals surface area contributed by atoms with Crippen LogP contribution in [0.3, 0.4) is 0 Å². The molecule has 21 heavy (non-hydrogen) atoms. The first kappa shape index (κ1) is 13.4. The summed E-state index contributed by atoms with van der Waals surface area (Å²) in [7, 11) is 0. The normalized spacial score (nSPS) is 15.0. The zero-order valence-corrected chi connectivity index (χ0v) is 11.5. The van der Waals surface area contributed by atoms with Crippen molar-refractivity contribution in [2.24, 2.45) is 0 Å². The molecule has 1 amide bonds. The summed E-state index contributed by atoms with van der Waals surface area (Å²) in [6.07, 6.45) is 1.75. The molecule has 0 radical (unpaired) electrons. The zero-order valence-electron chi connectivity index (χ0n) is 11.5. The molecule has 1 aliphatic rings. The van der Waals surface area contributed by atoms with Crippen LogP contribution in [0, 0.1) is 5.82 Å². The Kier molecular flexibility index (Phi) is 3.44. The maximum atomic E-state index is 13.4. The van der Waals surface area contributed by atoms with E-state index < -0.39 is 0 Å². The average molecular weight is 283 g/mol. The smallest absolute Gasteiger partial charge is 0.256 e. The first-order valence-corrected chi connectivity index (χ1v) is 6.73. The van der Waals surface area contributed by atoms with Gasteiger partial charge in [0.05, 0.1) is 6.61 Å². The Balaban J connectivity index is 1.96. The van der Waals surface area contributed by atoms with Crippen molar-refractivity contribution in [2.45, 2.75) is 6.92 Å². The number of hydrogen-bond acceptors (Lipinski definition) is 2. The summed E-state index contributed by atoms with van der Waals surface area (Å²) in [6.45, 7) is 2.53. The van der Waals surface area contributed by atoms with E-state index in [4.69, 9.17) is 4.74 Å². The molecular formula is C17H14FNO2. The van der Waals surface area contributed by atoms with Crippen molar-refractivity contribution < 1.29 is 13.9 Å². The van der Waals surface area contributed by atoms with Crippen molar-refractivity contribution in [3.05, 3.63) is 59.4 Å². The summed E-state index contributed by atoms with van der Waals surface area (Å²) in [5.41, 5.74) is 2.56. The minimum atomic E-state index is -0.358. The molecule has 2 aromatic carbocycles. The van der Waals surface area contributed by atoms with Gasteiger partial charge in [-0.25, -0.2) is 4.39 Å². The number of benzene rings is 2. The highest BCUT2D eigenvalue weighted by Gasteiger charge is 2.24. The summed E-state index contributed by atoms with van der Waals surface area (Å²) >= 11 is 0. The second-order valence-corrected chi connectivity index (χ2v) is 4.70. The molecule has 3 nitrogen and oxygen atoms in total. The number of carbonyl (C=O) groups is 1. The van der Waals surface area contributed by atoms with E-state index in [0.717, 1.165) is 11.3 Å². The van der Waals surface area contributed by atoms with Crippen LogP contribution in [0.2, 0.25) is 0 Å². The van der Waals surface area contributed by atoms with Crippen LogP contribution in [-0.2, 0) is 4.79 Å². The van der Waals surface area contributed by atoms with Crippen molar-refractivity contribution in [1.82, 2.24) is 0 Å². The largest absolute Gasteiger partial charge is 0.494 e. The number of fused-ring (bicyclic) bond motifs is 1. The second-order valence-electron chi connectivity index (χ2n) is 4.70. The van der Waals surface area contributed by atoms with Gasteiger partial charge in [0.15, 0.2) is 0 Å². The lowest BCUT2D eigenvalue weighted by atomic mass is 10.0. The van der Waals surface area contributed by atoms with Crippen molar-refractivity contribution >= 4 is 23.2 Å². The molecular weight excluding hydrogens is 269 g/mol. The van der Waals surface area contributed by atoms with E-state index in [1.165, 1.54) is 12.1 Å². The predicted octanol–water partition coefficient (Wildman–Crippen LogP) is 3.72. The number of ether oxygens (including phenoxy) is 1. The molecule has 106 valence electrons. The Morgan fingerprint density at radius 2 is 1.95 bits per heavy atom. The van der Waals surface area contributed by atoms with Crippen LogP contribution in [0.25, 0.3) is 11.6 Å². The van der Waals surface area contributed by atoms with Gasteiger partial charge in [0.25, 0.3) is 5.91 Å². The van der Waals surface area contributed by atoms with Crippen molar-refractivity contribution in [3.8, 4) is 5.75 Å². The molecule has 0 saturated heterocycles. The molecule has 0 aromatic heterocycles. The van der Waals surface area contributed by atoms with E-state index in [9.17, 15) is 9.18 Å². The zero-order chi connectivity index (χ0) is 14.8. The van der Waals surface area contributed by atoms with Crippen molar-refractivity contribution in [3.63, 3.8) is 0 Å². The van der Waals surface area contributed by atoms with Crippen LogP contribution < -0.4 is 10.1 Å². The SMILES string of the molecule is CCOc1ccc(/C=C2/C(=O)Nc3ccc(F)cc32)cc1. The average Bonchev–Trinajstić information content (AvgIpc) is 2.77. The van der Waals surface area contributed by atoms with Gasteiger partial charge in [-0.05, 0) is 48.9 Å². The molecule has 1 aliphatic heterocycles. The summed E-state index contributed by atoms with van der Waals surface area (Å²) in [4.78, 5) is 12.0. The highest BCUT2D eigenvalue weighted by atomic mass is 19.1. The third kappa shape index (κ3) is 2.65. The Labute approximate surface area is 122 Å². The molecule has 0 atom stereocenters. The second kappa shape index (κ2) is 5.40. The minimum absolute atomic E-state index is 0.218. The Morgan fingerprint density at radius 3 is 2.67 bits per heavy atom. The minimum Gasteiger partial charge on any atom is -0.494 e. The highest BCUT2D eigenvalue weighted by Crippen LogP contribution is 2.33. The van der Waals surface area contributed by atoms with Crippen LogP contribution in [0.5, 0.6) is 5.75 Å². The first-order valence-electron chi connectivity index (χ1n) is 6.73. The van der Waals surface area contributed by atoms with E-state index in [1.807, 2.05) is 31.2 Å². The molecule has 0 aliphatic carbocycles. The van der Waals surface area contributed by atoms with E-state index in [1.54, 1.807) is 12.1 Å². The van der Waals surface area contributed by atoms with Gasteiger partial charge >= 0.3 is 0 Å². The summed E-state index contributed by atoms with van der Waals surface area (Å²) in [5, 5.41) is 2.73. The summed E-state index contributed by atoms with van der Waals surface area (Å²) in [5.74, 6) is 0.203. The number of carbonyl (C=O) groups excluding carboxylic acids is 1. The fraction of sp³-hybridized carbons (Fsp3) is 0.118. The van der Waals surface area contributed by atoms with Crippen LogP contribution in [0.4, 0.5) is 10.1 Å². The van der Waals surface area contributed by atoms with Gasteiger partial charge in [0, 0.05) is 16.8 Å². The lowest BCUT2D eigenvalue weighted by Crippen LogP contribution is -2.03. The third-order valence-corrected chi connectivity index (χ3v) is 3.27. The fourth-order valence-electron chi connectivity index (χ4n) is 2.30. The van der Waals surface area contributed by atoms with Gasteiger partial charge in [-0.1, -0.05) is 12.1 Å². The lowest BCUT2D eigenvalue weighted by Gasteiger charge is -2.03. The third-order valence-electron chi connectivity index (χ3n) is 3.27. The molecule has 0 bridgehead atoms. The van der Waals surface area contributed by atoms with E-state index in [0.29, 0.717) is 23.4 Å². The molecule has 4 heteroatoms. The first-order chi connectivity index (χ1) is 10.2. The van der Waals surface area contributed by atoms with Gasteiger partial charge in [0.2, 0.25) is 0 Å². The standard InChI is InChI=1S/C17H14FNO2/c1-2-21-13-6-3-11(4-7-13)9-15-14-10-12(18)5-8-16(14)19-17(15)20/h3-10H,2H2,1H3,(H,19,20)/b15-9+. The monoisotopic (exact) mass is 283 g/mol. The summed E-state index contributed by atoms with van der Waals surface area (Å²) in [6, 6.07) is 11.7. The van der Waals surface area contributed by atoms with Crippen molar-refractivity contribution in [2.75, 3.05) is 11.9 Å². The van der Waals surface area contributed by atoms with Gasteiger partial charge in [-0.15, -0.1) is 0 Å². The Bertz CT molecular complexity index is 720. The molecule has 0 fully saturated rings. The number of nitrogens with one attached hydrogen (secondary N) is 1. The number of rotatable bonds is 3. The molecule has 0 spiro atoms. The van der Waals surface area contributed by atoms with Crippen LogP contribution in [0.15, 0.2) is 42.5 Å². The van der Waals surface area contributed by atoms with Gasteiger partial charge in [0.1, 0.15) is 11.6 Å². The van der Waals surface area contributed by atoms with Crippen molar-refractivity contribution in [1.29, 1.82) is 0 Å². The summed E-state index contributed by atoms with van der Waals surface area (Å²) < 4.78 is 18.7. The van der Waals surface area contributed by atoms with Gasteiger partial charge in [-0.3, -0.25) is 4.79 Å². The Morgan fingerprint density at radius 1 is 1.19 bits per heavy atom. The maximum Gasteiger partial charge on any atom is 0.256 e. The van der Waals surface area contributed by atoms with E-state index in [2.05, 4.69) is 5.32 Å². The van der Waals surface area contributed by atoms with Gasteiger partial charge in [-0.2, -0.15) is 0 Å². The lowest BCUT2D eigenvalue weighted by molar-refractivity contribution is -0.110. The fourth-order valence-corrected chi connectivity index (χ4v) is 2.30. The van der Waals surface area contributed by atoms with E-state index in [-0.39, 0.29) is 11.7 Å². The number of hydrogen-bond donors (Lipinski definition) is 1.